The third-order valence-electron chi connectivity index (χ3n) is 2.24. The highest BCUT2D eigenvalue weighted by atomic mass is 79.9. The second-order valence-electron chi connectivity index (χ2n) is 4.09. The third-order valence-corrected chi connectivity index (χ3v) is 4.04. The first-order valence-electron chi connectivity index (χ1n) is 4.59. The van der Waals surface area contributed by atoms with Crippen molar-refractivity contribution < 1.29 is 0 Å². The molecule has 1 heterocycles. The normalized spacial score (nSPS) is 11.8. The van der Waals surface area contributed by atoms with Gasteiger partial charge in [0.05, 0.1) is 5.00 Å². The van der Waals surface area contributed by atoms with Gasteiger partial charge in [-0.25, -0.2) is 0 Å². The Labute approximate surface area is 98.4 Å². The lowest BCUT2D eigenvalue weighted by Crippen LogP contribution is -2.46. The van der Waals surface area contributed by atoms with Crippen molar-refractivity contribution in [1.82, 2.24) is 5.32 Å². The zero-order valence-corrected chi connectivity index (χ0v) is 11.5. The molecule has 80 valence electrons. The molecule has 0 saturated heterocycles. The highest BCUT2D eigenvalue weighted by molar-refractivity contribution is 9.10. The molecule has 1 aromatic heterocycles. The summed E-state index contributed by atoms with van der Waals surface area (Å²) in [6, 6.07) is 2.15. The molecule has 0 atom stereocenters. The average Bonchev–Trinajstić information content (AvgIpc) is 2.51. The van der Waals surface area contributed by atoms with Gasteiger partial charge in [-0.15, -0.1) is 11.3 Å². The van der Waals surface area contributed by atoms with E-state index in [-0.39, 0.29) is 5.54 Å². The van der Waals surface area contributed by atoms with Crippen LogP contribution in [0.25, 0.3) is 0 Å². The fraction of sp³-hybridized carbons (Fsp3) is 0.600. The van der Waals surface area contributed by atoms with Crippen molar-refractivity contribution in [2.45, 2.75) is 19.4 Å². The van der Waals surface area contributed by atoms with Crippen molar-refractivity contribution in [3.05, 3.63) is 15.9 Å². The molecule has 0 radical (unpaired) electrons. The number of hydrogen-bond donors (Lipinski definition) is 1. The van der Waals surface area contributed by atoms with Crippen molar-refractivity contribution in [3.63, 3.8) is 0 Å². The molecule has 0 aliphatic heterocycles. The number of nitrogens with zero attached hydrogens (tertiary/aromatic N) is 1. The Balaban J connectivity index is 2.63. The summed E-state index contributed by atoms with van der Waals surface area (Å²) >= 11 is 5.23. The quantitative estimate of drug-likeness (QED) is 0.910. The van der Waals surface area contributed by atoms with E-state index in [2.05, 4.69) is 58.5 Å². The molecule has 0 bridgehead atoms. The minimum Gasteiger partial charge on any atom is -0.365 e. The van der Waals surface area contributed by atoms with Crippen LogP contribution in [-0.4, -0.2) is 26.2 Å². The monoisotopic (exact) mass is 276 g/mol. The Hall–Kier alpha value is -0.0600. The molecule has 0 amide bonds. The number of hydrogen-bond acceptors (Lipinski definition) is 3. The number of likely N-dealkylation sites (N-methyl/N-ethyl adjacent to an activating group) is 2. The van der Waals surface area contributed by atoms with Gasteiger partial charge in [-0.05, 0) is 42.9 Å². The Kier molecular flexibility index (Phi) is 3.98. The average molecular weight is 277 g/mol. The van der Waals surface area contributed by atoms with Crippen molar-refractivity contribution in [1.29, 1.82) is 0 Å². The molecular formula is C10H17BrN2S. The Morgan fingerprint density at radius 3 is 2.64 bits per heavy atom. The first-order valence-corrected chi connectivity index (χ1v) is 6.26. The van der Waals surface area contributed by atoms with Crippen LogP contribution < -0.4 is 10.2 Å². The van der Waals surface area contributed by atoms with Crippen LogP contribution in [0.4, 0.5) is 5.00 Å². The van der Waals surface area contributed by atoms with Crippen LogP contribution in [0.5, 0.6) is 0 Å². The van der Waals surface area contributed by atoms with Gasteiger partial charge in [-0.2, -0.15) is 0 Å². The summed E-state index contributed by atoms with van der Waals surface area (Å²) in [6.45, 7) is 5.40. The van der Waals surface area contributed by atoms with Crippen LogP contribution >= 0.6 is 27.3 Å². The minimum atomic E-state index is 0.144. The van der Waals surface area contributed by atoms with Crippen molar-refractivity contribution in [2.24, 2.45) is 0 Å². The van der Waals surface area contributed by atoms with Crippen molar-refractivity contribution >= 4 is 32.3 Å². The molecule has 14 heavy (non-hydrogen) atoms. The standard InChI is InChI=1S/C10H17BrN2S/c1-10(2,12-3)7-13(4)9-5-8(11)6-14-9/h5-6,12H,7H2,1-4H3. The second kappa shape index (κ2) is 4.64. The molecule has 0 aromatic carbocycles. The molecule has 0 spiro atoms. The lowest BCUT2D eigenvalue weighted by Gasteiger charge is -2.30. The van der Waals surface area contributed by atoms with E-state index < -0.39 is 0 Å². The van der Waals surface area contributed by atoms with Gasteiger partial charge in [0.1, 0.15) is 0 Å². The van der Waals surface area contributed by atoms with Gasteiger partial charge in [-0.3, -0.25) is 0 Å². The molecule has 0 saturated carbocycles. The zero-order valence-electron chi connectivity index (χ0n) is 9.10. The number of thiophene rings is 1. The van der Waals surface area contributed by atoms with E-state index in [4.69, 9.17) is 0 Å². The van der Waals surface area contributed by atoms with E-state index in [1.807, 2.05) is 7.05 Å². The largest absolute Gasteiger partial charge is 0.365 e. The summed E-state index contributed by atoms with van der Waals surface area (Å²) in [5.74, 6) is 0. The second-order valence-corrected chi connectivity index (χ2v) is 5.90. The topological polar surface area (TPSA) is 15.3 Å². The van der Waals surface area contributed by atoms with Crippen LogP contribution in [0, 0.1) is 0 Å². The van der Waals surface area contributed by atoms with Crippen LogP contribution in [-0.2, 0) is 0 Å². The van der Waals surface area contributed by atoms with Gasteiger partial charge < -0.3 is 10.2 Å². The zero-order chi connectivity index (χ0) is 10.8. The Morgan fingerprint density at radius 1 is 1.57 bits per heavy atom. The maximum absolute atomic E-state index is 3.47. The predicted octanol–water partition coefficient (Wildman–Crippen LogP) is 2.94. The predicted molar refractivity (Wildman–Crippen MR) is 68.4 cm³/mol. The van der Waals surface area contributed by atoms with E-state index >= 15 is 0 Å². The molecule has 0 aliphatic carbocycles. The summed E-state index contributed by atoms with van der Waals surface area (Å²) in [5, 5.41) is 6.70. The van der Waals surface area contributed by atoms with Gasteiger partial charge in [0.25, 0.3) is 0 Å². The molecule has 0 unspecified atom stereocenters. The van der Waals surface area contributed by atoms with Gasteiger partial charge >= 0.3 is 0 Å². The summed E-state index contributed by atoms with van der Waals surface area (Å²) in [6.07, 6.45) is 0. The van der Waals surface area contributed by atoms with Crippen LogP contribution in [0.2, 0.25) is 0 Å². The molecule has 1 aromatic rings. The molecule has 0 fully saturated rings. The smallest absolute Gasteiger partial charge is 0.0918 e. The summed E-state index contributed by atoms with van der Waals surface area (Å²) in [4.78, 5) is 2.27. The molecule has 1 rings (SSSR count). The maximum Gasteiger partial charge on any atom is 0.0918 e. The minimum absolute atomic E-state index is 0.144. The number of anilines is 1. The van der Waals surface area contributed by atoms with Crippen molar-refractivity contribution in [3.8, 4) is 0 Å². The van der Waals surface area contributed by atoms with E-state index in [1.54, 1.807) is 11.3 Å². The van der Waals surface area contributed by atoms with Crippen molar-refractivity contribution in [2.75, 3.05) is 25.5 Å². The summed E-state index contributed by atoms with van der Waals surface area (Å²) in [7, 11) is 4.12. The lowest BCUT2D eigenvalue weighted by atomic mass is 10.1. The molecule has 4 heteroatoms. The summed E-state index contributed by atoms with van der Waals surface area (Å²) < 4.78 is 1.16. The summed E-state index contributed by atoms with van der Waals surface area (Å²) in [5.41, 5.74) is 0.144. The van der Waals surface area contributed by atoms with Gasteiger partial charge in [0, 0.05) is 29.0 Å². The fourth-order valence-corrected chi connectivity index (χ4v) is 2.64. The number of rotatable bonds is 4. The number of nitrogens with one attached hydrogen (secondary N) is 1. The maximum atomic E-state index is 3.47. The Morgan fingerprint density at radius 2 is 2.21 bits per heavy atom. The van der Waals surface area contributed by atoms with E-state index in [0.29, 0.717) is 0 Å². The molecule has 0 aliphatic rings. The van der Waals surface area contributed by atoms with E-state index in [9.17, 15) is 0 Å². The van der Waals surface area contributed by atoms with Gasteiger partial charge in [0.2, 0.25) is 0 Å². The first-order chi connectivity index (χ1) is 6.44. The van der Waals surface area contributed by atoms with Crippen LogP contribution in [0.15, 0.2) is 15.9 Å². The first kappa shape index (κ1) is 12.0. The van der Waals surface area contributed by atoms with E-state index in [1.165, 1.54) is 5.00 Å². The Bertz CT molecular complexity index is 296. The van der Waals surface area contributed by atoms with E-state index in [0.717, 1.165) is 11.0 Å². The number of halogens is 1. The molecule has 1 N–H and O–H groups in total. The molecular weight excluding hydrogens is 260 g/mol. The van der Waals surface area contributed by atoms with Gasteiger partial charge in [-0.1, -0.05) is 0 Å². The highest BCUT2D eigenvalue weighted by Crippen LogP contribution is 2.28. The molecule has 2 nitrogen and oxygen atoms in total. The van der Waals surface area contributed by atoms with Gasteiger partial charge in [0.15, 0.2) is 0 Å². The lowest BCUT2D eigenvalue weighted by molar-refractivity contribution is 0.429. The van der Waals surface area contributed by atoms with Crippen LogP contribution in [0.3, 0.4) is 0 Å². The SMILES string of the molecule is CNC(C)(C)CN(C)c1cc(Br)cs1. The van der Waals surface area contributed by atoms with Crippen LogP contribution in [0.1, 0.15) is 13.8 Å². The highest BCUT2D eigenvalue weighted by Gasteiger charge is 2.18. The fourth-order valence-electron chi connectivity index (χ4n) is 1.25. The third kappa shape index (κ3) is 3.26.